The number of hydrogen-bond donors (Lipinski definition) is 2. The van der Waals surface area contributed by atoms with E-state index < -0.39 is 6.04 Å². The summed E-state index contributed by atoms with van der Waals surface area (Å²) >= 11 is 5.95. The van der Waals surface area contributed by atoms with Gasteiger partial charge >= 0.3 is 6.03 Å². The van der Waals surface area contributed by atoms with E-state index in [1.807, 2.05) is 30.3 Å². The predicted octanol–water partition coefficient (Wildman–Crippen LogP) is 4.29. The Hall–Kier alpha value is -2.73. The number of para-hydroxylation sites is 1. The van der Waals surface area contributed by atoms with Gasteiger partial charge in [-0.25, -0.2) is 4.79 Å². The number of halogens is 1. The molecule has 2 aromatic carbocycles. The first-order valence-corrected chi connectivity index (χ1v) is 11.8. The molecule has 170 valence electrons. The third-order valence-corrected chi connectivity index (χ3v) is 6.67. The van der Waals surface area contributed by atoms with Gasteiger partial charge in [-0.1, -0.05) is 41.9 Å². The number of aryl methyl sites for hydroxylation is 1. The average molecular weight is 455 g/mol. The molecule has 0 bridgehead atoms. The summed E-state index contributed by atoms with van der Waals surface area (Å²) in [4.78, 5) is 29.3. The molecule has 4 rings (SSSR count). The number of urea groups is 1. The first kappa shape index (κ1) is 22.5. The van der Waals surface area contributed by atoms with E-state index in [-0.39, 0.29) is 11.9 Å². The molecule has 7 heteroatoms. The molecule has 0 radical (unpaired) electrons. The predicted molar refractivity (Wildman–Crippen MR) is 128 cm³/mol. The Balaban J connectivity index is 1.26. The maximum atomic E-state index is 13.0. The third-order valence-electron chi connectivity index (χ3n) is 6.42. The Labute approximate surface area is 194 Å². The van der Waals surface area contributed by atoms with Gasteiger partial charge in [0.1, 0.15) is 6.04 Å². The summed E-state index contributed by atoms with van der Waals surface area (Å²) < 4.78 is 0. The van der Waals surface area contributed by atoms with Crippen LogP contribution >= 0.6 is 11.6 Å². The lowest BCUT2D eigenvalue weighted by Crippen LogP contribution is -2.50. The molecule has 1 fully saturated rings. The SMILES string of the molecule is CN(Cc1ccc(Cl)cc1)C(=O)C1CCCN1C(=O)NCCC1CCc2ccccc2N1. The van der Waals surface area contributed by atoms with Crippen molar-refractivity contribution in [2.75, 3.05) is 25.5 Å². The molecule has 2 aliphatic heterocycles. The van der Waals surface area contributed by atoms with Crippen LogP contribution in [0.4, 0.5) is 10.5 Å². The molecule has 2 heterocycles. The van der Waals surface area contributed by atoms with Crippen LogP contribution in [0.25, 0.3) is 0 Å². The highest BCUT2D eigenvalue weighted by Gasteiger charge is 2.35. The highest BCUT2D eigenvalue weighted by Crippen LogP contribution is 2.25. The van der Waals surface area contributed by atoms with Gasteiger partial charge in [0.25, 0.3) is 0 Å². The molecule has 32 heavy (non-hydrogen) atoms. The summed E-state index contributed by atoms with van der Waals surface area (Å²) in [5.74, 6) is -0.0156. The van der Waals surface area contributed by atoms with E-state index in [4.69, 9.17) is 11.6 Å². The molecule has 0 saturated carbocycles. The van der Waals surface area contributed by atoms with Gasteiger partial charge in [-0.2, -0.15) is 0 Å². The molecule has 0 aliphatic carbocycles. The van der Waals surface area contributed by atoms with Crippen LogP contribution < -0.4 is 10.6 Å². The average Bonchev–Trinajstić information content (AvgIpc) is 3.30. The Morgan fingerprint density at radius 3 is 2.75 bits per heavy atom. The summed E-state index contributed by atoms with van der Waals surface area (Å²) in [5, 5.41) is 7.29. The van der Waals surface area contributed by atoms with Crippen LogP contribution in [0.3, 0.4) is 0 Å². The van der Waals surface area contributed by atoms with E-state index in [1.54, 1.807) is 16.8 Å². The van der Waals surface area contributed by atoms with E-state index in [0.29, 0.717) is 37.1 Å². The summed E-state index contributed by atoms with van der Waals surface area (Å²) in [6.45, 7) is 1.71. The lowest BCUT2D eigenvalue weighted by molar-refractivity contribution is -0.134. The number of nitrogens with zero attached hydrogens (tertiary/aromatic N) is 2. The highest BCUT2D eigenvalue weighted by molar-refractivity contribution is 6.30. The van der Waals surface area contributed by atoms with Gasteiger partial charge in [0.05, 0.1) is 0 Å². The fourth-order valence-corrected chi connectivity index (χ4v) is 4.76. The standard InChI is InChI=1S/C25H31ClN4O2/c1-29(17-18-8-11-20(26)12-9-18)24(31)23-7-4-16-30(23)25(32)27-15-14-21-13-10-19-5-2-3-6-22(19)28-21/h2-3,5-6,8-9,11-12,21,23,28H,4,7,10,13-17H2,1H3,(H,27,32). The van der Waals surface area contributed by atoms with Gasteiger partial charge in [0.15, 0.2) is 0 Å². The Morgan fingerprint density at radius 1 is 1.16 bits per heavy atom. The number of carbonyl (C=O) groups is 2. The summed E-state index contributed by atoms with van der Waals surface area (Å²) in [7, 11) is 1.79. The maximum absolute atomic E-state index is 13.0. The fraction of sp³-hybridized carbons (Fsp3) is 0.440. The van der Waals surface area contributed by atoms with E-state index in [1.165, 1.54) is 11.3 Å². The van der Waals surface area contributed by atoms with Crippen molar-refractivity contribution in [3.05, 3.63) is 64.7 Å². The minimum atomic E-state index is -0.396. The molecule has 2 N–H and O–H groups in total. The summed E-state index contributed by atoms with van der Waals surface area (Å²) in [6, 6.07) is 15.7. The van der Waals surface area contributed by atoms with Gasteiger partial charge in [-0.05, 0) is 61.4 Å². The number of benzene rings is 2. The molecule has 2 aromatic rings. The van der Waals surface area contributed by atoms with E-state index in [2.05, 4.69) is 28.8 Å². The van der Waals surface area contributed by atoms with Crippen LogP contribution in [-0.4, -0.2) is 54.0 Å². The maximum Gasteiger partial charge on any atom is 0.318 e. The van der Waals surface area contributed by atoms with Crippen LogP contribution in [0, 0.1) is 0 Å². The normalized spacial score (nSPS) is 19.8. The molecule has 0 spiro atoms. The molecule has 6 nitrogen and oxygen atoms in total. The van der Waals surface area contributed by atoms with Crippen molar-refractivity contribution >= 4 is 29.2 Å². The van der Waals surface area contributed by atoms with Crippen molar-refractivity contribution in [3.63, 3.8) is 0 Å². The molecule has 2 unspecified atom stereocenters. The molecule has 1 saturated heterocycles. The number of fused-ring (bicyclic) bond motifs is 1. The number of anilines is 1. The molecule has 3 amide bonds. The second-order valence-corrected chi connectivity index (χ2v) is 9.17. The lowest BCUT2D eigenvalue weighted by atomic mass is 9.96. The van der Waals surface area contributed by atoms with Crippen molar-refractivity contribution in [2.24, 2.45) is 0 Å². The van der Waals surface area contributed by atoms with E-state index in [9.17, 15) is 9.59 Å². The smallest absolute Gasteiger partial charge is 0.318 e. The van der Waals surface area contributed by atoms with Crippen LogP contribution in [-0.2, 0) is 17.8 Å². The third kappa shape index (κ3) is 5.36. The monoisotopic (exact) mass is 454 g/mol. The molecule has 2 atom stereocenters. The Kier molecular flexibility index (Phi) is 7.20. The van der Waals surface area contributed by atoms with Crippen molar-refractivity contribution in [3.8, 4) is 0 Å². The van der Waals surface area contributed by atoms with Crippen LogP contribution in [0.1, 0.15) is 36.8 Å². The quantitative estimate of drug-likeness (QED) is 0.684. The van der Waals surface area contributed by atoms with E-state index in [0.717, 1.165) is 31.2 Å². The van der Waals surface area contributed by atoms with Crippen molar-refractivity contribution in [2.45, 2.75) is 50.7 Å². The topological polar surface area (TPSA) is 64.7 Å². The number of rotatable bonds is 6. The zero-order valence-corrected chi connectivity index (χ0v) is 19.3. The lowest BCUT2D eigenvalue weighted by Gasteiger charge is -2.29. The second-order valence-electron chi connectivity index (χ2n) is 8.73. The molecular weight excluding hydrogens is 424 g/mol. The second kappa shape index (κ2) is 10.3. The number of nitrogens with one attached hydrogen (secondary N) is 2. The van der Waals surface area contributed by atoms with Gasteiger partial charge in [0.2, 0.25) is 5.91 Å². The Bertz CT molecular complexity index is 949. The zero-order valence-electron chi connectivity index (χ0n) is 18.5. The fourth-order valence-electron chi connectivity index (χ4n) is 4.63. The highest BCUT2D eigenvalue weighted by atomic mass is 35.5. The molecular formula is C25H31ClN4O2. The summed E-state index contributed by atoms with van der Waals surface area (Å²) in [5.41, 5.74) is 3.57. The number of hydrogen-bond acceptors (Lipinski definition) is 3. The molecule has 0 aromatic heterocycles. The summed E-state index contributed by atoms with van der Waals surface area (Å²) in [6.07, 6.45) is 4.54. The minimum Gasteiger partial charge on any atom is -0.382 e. The van der Waals surface area contributed by atoms with Crippen LogP contribution in [0.2, 0.25) is 5.02 Å². The van der Waals surface area contributed by atoms with Crippen molar-refractivity contribution in [1.82, 2.24) is 15.1 Å². The minimum absolute atomic E-state index is 0.0156. The number of likely N-dealkylation sites (N-methyl/N-ethyl adjacent to an activating group) is 1. The largest absolute Gasteiger partial charge is 0.382 e. The zero-order chi connectivity index (χ0) is 22.5. The first-order valence-electron chi connectivity index (χ1n) is 11.4. The van der Waals surface area contributed by atoms with Crippen molar-refractivity contribution < 1.29 is 9.59 Å². The number of amides is 3. The number of likely N-dealkylation sites (tertiary alicyclic amines) is 1. The van der Waals surface area contributed by atoms with Gasteiger partial charge in [-0.15, -0.1) is 0 Å². The first-order chi connectivity index (χ1) is 15.5. The van der Waals surface area contributed by atoms with Gasteiger partial charge < -0.3 is 20.4 Å². The van der Waals surface area contributed by atoms with Gasteiger partial charge in [0, 0.05) is 43.4 Å². The Morgan fingerprint density at radius 2 is 1.94 bits per heavy atom. The van der Waals surface area contributed by atoms with E-state index >= 15 is 0 Å². The van der Waals surface area contributed by atoms with Crippen LogP contribution in [0.5, 0.6) is 0 Å². The molecule has 2 aliphatic rings. The van der Waals surface area contributed by atoms with Gasteiger partial charge in [-0.3, -0.25) is 4.79 Å². The van der Waals surface area contributed by atoms with Crippen molar-refractivity contribution in [1.29, 1.82) is 0 Å². The number of carbonyl (C=O) groups excluding carboxylic acids is 2. The van der Waals surface area contributed by atoms with Crippen LogP contribution in [0.15, 0.2) is 48.5 Å².